The van der Waals surface area contributed by atoms with Crippen molar-refractivity contribution >= 4 is 15.7 Å². The van der Waals surface area contributed by atoms with Gasteiger partial charge in [-0.3, -0.25) is 4.31 Å². The molecule has 0 saturated carbocycles. The first-order valence-electron chi connectivity index (χ1n) is 6.44. The van der Waals surface area contributed by atoms with Gasteiger partial charge in [0, 0.05) is 13.1 Å². The lowest BCUT2D eigenvalue weighted by Gasteiger charge is -2.19. The van der Waals surface area contributed by atoms with Gasteiger partial charge in [0.05, 0.1) is 10.6 Å². The van der Waals surface area contributed by atoms with Crippen molar-refractivity contribution in [3.05, 3.63) is 48.0 Å². The standard InChI is InChI=1S/C15H15NO4S/c1-11-3-6-13(7-4-11)21(17,18)16(2)12-5-8-14-15(9-12)20-10-19-14/h3-9H,10H2,1-2H3. The van der Waals surface area contributed by atoms with Crippen LogP contribution in [0.25, 0.3) is 0 Å². The fourth-order valence-corrected chi connectivity index (χ4v) is 3.28. The number of benzene rings is 2. The van der Waals surface area contributed by atoms with E-state index in [4.69, 9.17) is 9.47 Å². The molecule has 6 heteroatoms. The normalized spacial score (nSPS) is 13.2. The molecule has 2 aromatic carbocycles. The molecule has 110 valence electrons. The molecule has 1 aliphatic rings. The molecular weight excluding hydrogens is 290 g/mol. The molecular formula is C15H15NO4S. The van der Waals surface area contributed by atoms with Gasteiger partial charge in [0.1, 0.15) is 0 Å². The van der Waals surface area contributed by atoms with Crippen molar-refractivity contribution in [2.24, 2.45) is 0 Å². The van der Waals surface area contributed by atoms with Gasteiger partial charge in [-0.2, -0.15) is 0 Å². The number of anilines is 1. The first-order valence-corrected chi connectivity index (χ1v) is 7.88. The van der Waals surface area contributed by atoms with Crippen molar-refractivity contribution in [1.29, 1.82) is 0 Å². The lowest BCUT2D eigenvalue weighted by atomic mass is 10.2. The minimum atomic E-state index is -3.59. The Kier molecular flexibility index (Phi) is 3.25. The van der Waals surface area contributed by atoms with Crippen LogP contribution in [-0.2, 0) is 10.0 Å². The molecule has 1 heterocycles. The van der Waals surface area contributed by atoms with E-state index in [1.807, 2.05) is 6.92 Å². The Balaban J connectivity index is 1.97. The molecule has 0 radical (unpaired) electrons. The maximum absolute atomic E-state index is 12.6. The van der Waals surface area contributed by atoms with E-state index >= 15 is 0 Å². The van der Waals surface area contributed by atoms with Gasteiger partial charge >= 0.3 is 0 Å². The van der Waals surface area contributed by atoms with E-state index in [0.717, 1.165) is 5.56 Å². The molecule has 0 aromatic heterocycles. The summed E-state index contributed by atoms with van der Waals surface area (Å²) in [4.78, 5) is 0.258. The fourth-order valence-electron chi connectivity index (χ4n) is 2.09. The van der Waals surface area contributed by atoms with Gasteiger partial charge in [0.15, 0.2) is 11.5 Å². The molecule has 0 atom stereocenters. The number of aryl methyl sites for hydroxylation is 1. The Bertz CT molecular complexity index is 769. The monoisotopic (exact) mass is 305 g/mol. The smallest absolute Gasteiger partial charge is 0.264 e. The van der Waals surface area contributed by atoms with Crippen LogP contribution in [-0.4, -0.2) is 22.3 Å². The van der Waals surface area contributed by atoms with E-state index in [0.29, 0.717) is 17.2 Å². The largest absolute Gasteiger partial charge is 0.454 e. The van der Waals surface area contributed by atoms with E-state index < -0.39 is 10.0 Å². The highest BCUT2D eigenvalue weighted by Gasteiger charge is 2.23. The Labute approximate surface area is 123 Å². The molecule has 5 nitrogen and oxygen atoms in total. The molecule has 2 aromatic rings. The quantitative estimate of drug-likeness (QED) is 0.874. The SMILES string of the molecule is Cc1ccc(S(=O)(=O)N(C)c2ccc3c(c2)OCO3)cc1. The van der Waals surface area contributed by atoms with Gasteiger partial charge in [-0.05, 0) is 31.2 Å². The highest BCUT2D eigenvalue weighted by atomic mass is 32.2. The summed E-state index contributed by atoms with van der Waals surface area (Å²) in [5.41, 5.74) is 1.54. The summed E-state index contributed by atoms with van der Waals surface area (Å²) in [6.45, 7) is 2.07. The molecule has 0 aliphatic carbocycles. The van der Waals surface area contributed by atoms with E-state index in [1.165, 1.54) is 11.4 Å². The maximum Gasteiger partial charge on any atom is 0.264 e. The molecule has 21 heavy (non-hydrogen) atoms. The second kappa shape index (κ2) is 4.96. The zero-order chi connectivity index (χ0) is 15.0. The molecule has 0 N–H and O–H groups in total. The van der Waals surface area contributed by atoms with Crippen LogP contribution in [0.3, 0.4) is 0 Å². The van der Waals surface area contributed by atoms with Crippen LogP contribution in [0.5, 0.6) is 11.5 Å². The van der Waals surface area contributed by atoms with Gasteiger partial charge in [0.25, 0.3) is 10.0 Å². The van der Waals surface area contributed by atoms with Gasteiger partial charge in [-0.15, -0.1) is 0 Å². The second-order valence-corrected chi connectivity index (χ2v) is 6.79. The van der Waals surface area contributed by atoms with E-state index in [9.17, 15) is 8.42 Å². The lowest BCUT2D eigenvalue weighted by Crippen LogP contribution is -2.26. The van der Waals surface area contributed by atoms with E-state index in [1.54, 1.807) is 42.5 Å². The minimum Gasteiger partial charge on any atom is -0.454 e. The minimum absolute atomic E-state index is 0.160. The third-order valence-corrected chi connectivity index (χ3v) is 5.20. The summed E-state index contributed by atoms with van der Waals surface area (Å²) in [5.74, 6) is 1.18. The number of ether oxygens (including phenoxy) is 2. The zero-order valence-corrected chi connectivity index (χ0v) is 12.6. The van der Waals surface area contributed by atoms with Crippen LogP contribution < -0.4 is 13.8 Å². The second-order valence-electron chi connectivity index (χ2n) is 4.82. The first kappa shape index (κ1) is 13.8. The summed E-state index contributed by atoms with van der Waals surface area (Å²) in [6, 6.07) is 11.8. The van der Waals surface area contributed by atoms with E-state index in [2.05, 4.69) is 0 Å². The third-order valence-electron chi connectivity index (χ3n) is 3.40. The van der Waals surface area contributed by atoms with Crippen molar-refractivity contribution in [3.8, 4) is 11.5 Å². The average Bonchev–Trinajstić information content (AvgIpc) is 2.94. The van der Waals surface area contributed by atoms with Crippen molar-refractivity contribution in [2.45, 2.75) is 11.8 Å². The van der Waals surface area contributed by atoms with Crippen LogP contribution in [0.15, 0.2) is 47.4 Å². The molecule has 3 rings (SSSR count). The van der Waals surface area contributed by atoms with Crippen LogP contribution in [0.2, 0.25) is 0 Å². The summed E-state index contributed by atoms with van der Waals surface area (Å²) in [6.07, 6.45) is 0. The van der Waals surface area contributed by atoms with Gasteiger partial charge in [-0.1, -0.05) is 17.7 Å². The molecule has 0 fully saturated rings. The summed E-state index contributed by atoms with van der Waals surface area (Å²) in [5, 5.41) is 0. The van der Waals surface area contributed by atoms with Crippen LogP contribution >= 0.6 is 0 Å². The number of sulfonamides is 1. The van der Waals surface area contributed by atoms with Crippen LogP contribution in [0.1, 0.15) is 5.56 Å². The van der Waals surface area contributed by atoms with Crippen LogP contribution in [0, 0.1) is 6.92 Å². The summed E-state index contributed by atoms with van der Waals surface area (Å²) >= 11 is 0. The molecule has 1 aliphatic heterocycles. The third kappa shape index (κ3) is 2.42. The fraction of sp³-hybridized carbons (Fsp3) is 0.200. The predicted molar refractivity (Wildman–Crippen MR) is 79.3 cm³/mol. The Morgan fingerprint density at radius 3 is 2.38 bits per heavy atom. The maximum atomic E-state index is 12.6. The van der Waals surface area contributed by atoms with Crippen molar-refractivity contribution < 1.29 is 17.9 Å². The van der Waals surface area contributed by atoms with Crippen LogP contribution in [0.4, 0.5) is 5.69 Å². The lowest BCUT2D eigenvalue weighted by molar-refractivity contribution is 0.174. The number of hydrogen-bond donors (Lipinski definition) is 0. The predicted octanol–water partition coefficient (Wildman–Crippen LogP) is 2.55. The first-order chi connectivity index (χ1) is 9.98. The van der Waals surface area contributed by atoms with Gasteiger partial charge in [0.2, 0.25) is 6.79 Å². The number of hydrogen-bond acceptors (Lipinski definition) is 4. The average molecular weight is 305 g/mol. The molecule has 0 amide bonds. The Morgan fingerprint density at radius 2 is 1.67 bits per heavy atom. The van der Waals surface area contributed by atoms with E-state index in [-0.39, 0.29) is 11.7 Å². The van der Waals surface area contributed by atoms with Crippen molar-refractivity contribution in [3.63, 3.8) is 0 Å². The molecule has 0 bridgehead atoms. The Morgan fingerprint density at radius 1 is 1.00 bits per heavy atom. The molecule has 0 saturated heterocycles. The highest BCUT2D eigenvalue weighted by molar-refractivity contribution is 7.92. The van der Waals surface area contributed by atoms with Gasteiger partial charge < -0.3 is 9.47 Å². The van der Waals surface area contributed by atoms with Crippen molar-refractivity contribution in [1.82, 2.24) is 0 Å². The number of nitrogens with zero attached hydrogens (tertiary/aromatic N) is 1. The van der Waals surface area contributed by atoms with Crippen molar-refractivity contribution in [2.75, 3.05) is 18.1 Å². The highest BCUT2D eigenvalue weighted by Crippen LogP contribution is 2.36. The molecule has 0 spiro atoms. The molecule has 0 unspecified atom stereocenters. The summed E-state index contributed by atoms with van der Waals surface area (Å²) in [7, 11) is -2.07. The Hall–Kier alpha value is -2.21. The number of rotatable bonds is 3. The topological polar surface area (TPSA) is 55.8 Å². The summed E-state index contributed by atoms with van der Waals surface area (Å²) < 4.78 is 36.9. The zero-order valence-electron chi connectivity index (χ0n) is 11.7. The van der Waals surface area contributed by atoms with Gasteiger partial charge in [-0.25, -0.2) is 8.42 Å². The number of fused-ring (bicyclic) bond motifs is 1.